The van der Waals surface area contributed by atoms with Crippen LogP contribution in [0.4, 0.5) is 5.69 Å². The Balaban J connectivity index is 1.15. The molecular formula is C25H31N5O2. The van der Waals surface area contributed by atoms with Gasteiger partial charge < -0.3 is 20.1 Å². The summed E-state index contributed by atoms with van der Waals surface area (Å²) in [5.74, 6) is 0.0654. The number of amides is 2. The van der Waals surface area contributed by atoms with Gasteiger partial charge in [-0.15, -0.1) is 0 Å². The highest BCUT2D eigenvalue weighted by Gasteiger charge is 2.24. The van der Waals surface area contributed by atoms with Crippen LogP contribution in [-0.2, 0) is 4.79 Å². The van der Waals surface area contributed by atoms with Gasteiger partial charge in [-0.25, -0.2) is 0 Å². The number of aromatic nitrogens is 1. The second-order valence-electron chi connectivity index (χ2n) is 8.30. The first-order chi connectivity index (χ1) is 15.6. The average Bonchev–Trinajstić information content (AvgIpc) is 3.27. The van der Waals surface area contributed by atoms with Crippen molar-refractivity contribution in [2.45, 2.75) is 6.42 Å². The number of carbonyl (C=O) groups is 2. The molecule has 1 aliphatic heterocycles. The quantitative estimate of drug-likeness (QED) is 0.536. The first kappa shape index (κ1) is 21.9. The van der Waals surface area contributed by atoms with Crippen LogP contribution in [0.3, 0.4) is 0 Å². The van der Waals surface area contributed by atoms with E-state index in [1.54, 1.807) is 0 Å². The van der Waals surface area contributed by atoms with E-state index in [0.717, 1.165) is 23.9 Å². The minimum absolute atomic E-state index is 0.0211. The fraction of sp³-hybridized carbons (Fsp3) is 0.360. The normalized spacial score (nSPS) is 14.5. The maximum Gasteiger partial charge on any atom is 0.270 e. The number of hydrogen-bond donors (Lipinski definition) is 2. The van der Waals surface area contributed by atoms with Crippen LogP contribution in [0.5, 0.6) is 0 Å². The third kappa shape index (κ3) is 5.48. The molecule has 1 aromatic heterocycles. The van der Waals surface area contributed by atoms with Crippen molar-refractivity contribution in [1.29, 1.82) is 0 Å². The van der Waals surface area contributed by atoms with E-state index in [-0.39, 0.29) is 11.8 Å². The largest absolute Gasteiger partial charge is 0.375 e. The number of piperazine rings is 1. The molecule has 1 saturated heterocycles. The minimum atomic E-state index is 0.0211. The van der Waals surface area contributed by atoms with Gasteiger partial charge in [0.05, 0.1) is 6.54 Å². The second-order valence-corrected chi connectivity index (χ2v) is 8.30. The maximum absolute atomic E-state index is 12.8. The number of hydrogen-bond acceptors (Lipinski definition) is 4. The zero-order valence-electron chi connectivity index (χ0n) is 18.6. The maximum atomic E-state index is 12.8. The zero-order valence-corrected chi connectivity index (χ0v) is 18.6. The molecule has 2 aromatic carbocycles. The SMILES string of the molecule is CN(CCCNC(=O)CN1CCN(C(=O)c2cc3ccccc3[nH]2)CC1)c1ccccc1. The van der Waals surface area contributed by atoms with Crippen molar-refractivity contribution >= 4 is 28.4 Å². The third-order valence-electron chi connectivity index (χ3n) is 5.98. The van der Waals surface area contributed by atoms with Crippen LogP contribution in [0.2, 0.25) is 0 Å². The molecule has 0 unspecified atom stereocenters. The van der Waals surface area contributed by atoms with Crippen molar-refractivity contribution in [3.63, 3.8) is 0 Å². The summed E-state index contributed by atoms with van der Waals surface area (Å²) in [5, 5.41) is 4.06. The van der Waals surface area contributed by atoms with E-state index in [0.29, 0.717) is 45.0 Å². The van der Waals surface area contributed by atoms with E-state index in [2.05, 4.69) is 39.3 Å². The molecule has 1 aliphatic rings. The third-order valence-corrected chi connectivity index (χ3v) is 5.98. The van der Waals surface area contributed by atoms with Crippen molar-refractivity contribution in [3.05, 3.63) is 66.4 Å². The second kappa shape index (κ2) is 10.3. The van der Waals surface area contributed by atoms with Crippen molar-refractivity contribution in [1.82, 2.24) is 20.1 Å². The number of rotatable bonds is 8. The summed E-state index contributed by atoms with van der Waals surface area (Å²) in [4.78, 5) is 34.5. The van der Waals surface area contributed by atoms with Crippen LogP contribution < -0.4 is 10.2 Å². The number of carbonyl (C=O) groups excluding carboxylic acids is 2. The molecule has 0 aliphatic carbocycles. The average molecular weight is 434 g/mol. The zero-order chi connectivity index (χ0) is 22.3. The fourth-order valence-electron chi connectivity index (χ4n) is 4.08. The lowest BCUT2D eigenvalue weighted by atomic mass is 10.2. The standard InChI is InChI=1S/C25H31N5O2/c1-28(21-9-3-2-4-10-21)13-7-12-26-24(31)19-29-14-16-30(17-15-29)25(32)23-18-20-8-5-6-11-22(20)27-23/h2-6,8-11,18,27H,7,12-17,19H2,1H3,(H,26,31). The molecule has 0 atom stereocenters. The number of para-hydroxylation sites is 2. The number of H-pyrrole nitrogens is 1. The Hall–Kier alpha value is -3.32. The highest BCUT2D eigenvalue weighted by molar-refractivity contribution is 5.98. The Kier molecular flexibility index (Phi) is 7.07. The number of aromatic amines is 1. The molecule has 7 heteroatoms. The first-order valence-corrected chi connectivity index (χ1v) is 11.2. The van der Waals surface area contributed by atoms with Crippen molar-refractivity contribution in [3.8, 4) is 0 Å². The van der Waals surface area contributed by atoms with Gasteiger partial charge in [0, 0.05) is 62.9 Å². The van der Waals surface area contributed by atoms with Crippen molar-refractivity contribution in [2.24, 2.45) is 0 Å². The van der Waals surface area contributed by atoms with Gasteiger partial charge in [-0.1, -0.05) is 36.4 Å². The lowest BCUT2D eigenvalue weighted by Crippen LogP contribution is -2.51. The molecule has 168 valence electrons. The summed E-state index contributed by atoms with van der Waals surface area (Å²) in [6, 6.07) is 20.0. The fourth-order valence-corrected chi connectivity index (χ4v) is 4.08. The molecule has 0 bridgehead atoms. The Labute approximate surface area is 189 Å². The number of anilines is 1. The molecule has 0 radical (unpaired) electrons. The van der Waals surface area contributed by atoms with E-state index in [1.807, 2.05) is 53.4 Å². The summed E-state index contributed by atoms with van der Waals surface area (Å²) in [5.41, 5.74) is 2.78. The van der Waals surface area contributed by atoms with Crippen molar-refractivity contribution < 1.29 is 9.59 Å². The van der Waals surface area contributed by atoms with Crippen LogP contribution in [0.25, 0.3) is 10.9 Å². The summed E-state index contributed by atoms with van der Waals surface area (Å²) < 4.78 is 0. The van der Waals surface area contributed by atoms with Gasteiger partial charge in [0.25, 0.3) is 5.91 Å². The highest BCUT2D eigenvalue weighted by atomic mass is 16.2. The first-order valence-electron chi connectivity index (χ1n) is 11.2. The molecule has 1 fully saturated rings. The Bertz CT molecular complexity index is 1010. The lowest BCUT2D eigenvalue weighted by Gasteiger charge is -2.34. The molecule has 32 heavy (non-hydrogen) atoms. The monoisotopic (exact) mass is 433 g/mol. The van der Waals surface area contributed by atoms with Crippen molar-refractivity contribution in [2.75, 3.05) is 57.8 Å². The van der Waals surface area contributed by atoms with Gasteiger partial charge in [-0.05, 0) is 30.7 Å². The number of fused-ring (bicyclic) bond motifs is 1. The minimum Gasteiger partial charge on any atom is -0.375 e. The van der Waals surface area contributed by atoms with E-state index in [1.165, 1.54) is 5.69 Å². The number of benzene rings is 2. The molecular weight excluding hydrogens is 402 g/mol. The molecule has 7 nitrogen and oxygen atoms in total. The summed E-state index contributed by atoms with van der Waals surface area (Å²) in [6.45, 7) is 4.59. The summed E-state index contributed by atoms with van der Waals surface area (Å²) in [7, 11) is 2.06. The van der Waals surface area contributed by atoms with E-state index >= 15 is 0 Å². The van der Waals surface area contributed by atoms with Gasteiger partial charge in [0.1, 0.15) is 5.69 Å². The highest BCUT2D eigenvalue weighted by Crippen LogP contribution is 2.17. The van der Waals surface area contributed by atoms with E-state index in [4.69, 9.17) is 0 Å². The molecule has 0 saturated carbocycles. The van der Waals surface area contributed by atoms with Crippen LogP contribution in [0.1, 0.15) is 16.9 Å². The van der Waals surface area contributed by atoms with Crippen LogP contribution in [0.15, 0.2) is 60.7 Å². The molecule has 4 rings (SSSR count). The van der Waals surface area contributed by atoms with Crippen LogP contribution in [-0.4, -0.2) is 79.5 Å². The predicted octanol–water partition coefficient (Wildman–Crippen LogP) is 2.57. The number of nitrogens with one attached hydrogen (secondary N) is 2. The summed E-state index contributed by atoms with van der Waals surface area (Å²) in [6.07, 6.45) is 0.893. The van der Waals surface area contributed by atoms with E-state index in [9.17, 15) is 9.59 Å². The molecule has 2 heterocycles. The van der Waals surface area contributed by atoms with Crippen LogP contribution >= 0.6 is 0 Å². The Morgan fingerprint density at radius 3 is 2.47 bits per heavy atom. The predicted molar refractivity (Wildman–Crippen MR) is 128 cm³/mol. The molecule has 0 spiro atoms. The smallest absolute Gasteiger partial charge is 0.270 e. The van der Waals surface area contributed by atoms with Gasteiger partial charge >= 0.3 is 0 Å². The van der Waals surface area contributed by atoms with Gasteiger partial charge in [-0.3, -0.25) is 14.5 Å². The van der Waals surface area contributed by atoms with Gasteiger partial charge in [-0.2, -0.15) is 0 Å². The number of nitrogens with zero attached hydrogens (tertiary/aromatic N) is 3. The Morgan fingerprint density at radius 1 is 1.00 bits per heavy atom. The molecule has 3 aromatic rings. The lowest BCUT2D eigenvalue weighted by molar-refractivity contribution is -0.122. The topological polar surface area (TPSA) is 71.7 Å². The Morgan fingerprint density at radius 2 is 1.72 bits per heavy atom. The van der Waals surface area contributed by atoms with Gasteiger partial charge in [0.2, 0.25) is 5.91 Å². The molecule has 2 amide bonds. The molecule has 2 N–H and O–H groups in total. The van der Waals surface area contributed by atoms with E-state index < -0.39 is 0 Å². The van der Waals surface area contributed by atoms with Gasteiger partial charge in [0.15, 0.2) is 0 Å². The van der Waals surface area contributed by atoms with Crippen LogP contribution in [0, 0.1) is 0 Å². The summed E-state index contributed by atoms with van der Waals surface area (Å²) >= 11 is 0.